The van der Waals surface area contributed by atoms with E-state index < -0.39 is 0 Å². The smallest absolute Gasteiger partial charge is 0.177 e. The summed E-state index contributed by atoms with van der Waals surface area (Å²) >= 11 is 0. The monoisotopic (exact) mass is 341 g/mol. The Bertz CT molecular complexity index is 726. The molecule has 3 aliphatic rings. The highest BCUT2D eigenvalue weighted by atomic mass is 16.5. The zero-order valence-corrected chi connectivity index (χ0v) is 14.8. The van der Waals surface area contributed by atoms with Gasteiger partial charge in [0.2, 0.25) is 0 Å². The topological polar surface area (TPSA) is 55.5 Å². The van der Waals surface area contributed by atoms with Crippen LogP contribution in [0.25, 0.3) is 5.65 Å². The quantitative estimate of drug-likeness (QED) is 0.856. The molecule has 0 amide bonds. The van der Waals surface area contributed by atoms with Gasteiger partial charge in [0.15, 0.2) is 11.5 Å². The van der Waals surface area contributed by atoms with Crippen molar-refractivity contribution in [1.29, 1.82) is 0 Å². The van der Waals surface area contributed by atoms with Gasteiger partial charge in [0.25, 0.3) is 0 Å². The van der Waals surface area contributed by atoms with E-state index in [4.69, 9.17) is 9.84 Å². The molecule has 4 heterocycles. The molecule has 0 N–H and O–H groups in total. The molecule has 0 aromatic carbocycles. The SMILES string of the molecule is c1cc2nnc(C3CCN(CC4CCCCO4)CC3)n2nc1C1CC1. The van der Waals surface area contributed by atoms with Gasteiger partial charge in [0, 0.05) is 25.0 Å². The minimum atomic E-state index is 0.446. The summed E-state index contributed by atoms with van der Waals surface area (Å²) in [7, 11) is 0. The highest BCUT2D eigenvalue weighted by Crippen LogP contribution is 2.39. The molecule has 0 bridgehead atoms. The first-order chi connectivity index (χ1) is 12.4. The standard InChI is InChI=1S/C19H27N5O/c1-2-12-25-16(3-1)13-23-10-8-15(9-11-23)19-21-20-18-7-6-17(14-4-5-14)22-24(18)19/h6-7,14-16H,1-5,8-13H2. The van der Waals surface area contributed by atoms with Gasteiger partial charge >= 0.3 is 0 Å². The molecular weight excluding hydrogens is 314 g/mol. The number of likely N-dealkylation sites (tertiary alicyclic amines) is 1. The molecule has 0 radical (unpaired) electrons. The van der Waals surface area contributed by atoms with E-state index in [2.05, 4.69) is 27.2 Å². The fourth-order valence-corrected chi connectivity index (χ4v) is 4.28. The van der Waals surface area contributed by atoms with Gasteiger partial charge in [-0.1, -0.05) is 0 Å². The number of rotatable bonds is 4. The molecule has 2 aromatic heterocycles. The Hall–Kier alpha value is -1.53. The van der Waals surface area contributed by atoms with Crippen LogP contribution in [0.5, 0.6) is 0 Å². The van der Waals surface area contributed by atoms with Crippen molar-refractivity contribution in [3.05, 3.63) is 23.7 Å². The lowest BCUT2D eigenvalue weighted by atomic mass is 9.95. The van der Waals surface area contributed by atoms with E-state index in [0.717, 1.165) is 50.6 Å². The van der Waals surface area contributed by atoms with E-state index in [1.165, 1.54) is 37.8 Å². The molecule has 25 heavy (non-hydrogen) atoms. The Kier molecular flexibility index (Phi) is 4.18. The van der Waals surface area contributed by atoms with Gasteiger partial charge in [0.1, 0.15) is 0 Å². The van der Waals surface area contributed by atoms with E-state index in [0.29, 0.717) is 17.9 Å². The van der Waals surface area contributed by atoms with Gasteiger partial charge < -0.3 is 9.64 Å². The van der Waals surface area contributed by atoms with Gasteiger partial charge in [0.05, 0.1) is 11.8 Å². The Morgan fingerprint density at radius 2 is 1.84 bits per heavy atom. The van der Waals surface area contributed by atoms with E-state index in [1.54, 1.807) is 0 Å². The van der Waals surface area contributed by atoms with Gasteiger partial charge in [-0.15, -0.1) is 10.2 Å². The predicted octanol–water partition coefficient (Wildman–Crippen LogP) is 2.75. The lowest BCUT2D eigenvalue weighted by Crippen LogP contribution is -2.40. The molecule has 0 spiro atoms. The first-order valence-electron chi connectivity index (χ1n) is 9.93. The maximum absolute atomic E-state index is 5.90. The van der Waals surface area contributed by atoms with Gasteiger partial charge in [-0.05, 0) is 70.2 Å². The molecule has 3 fully saturated rings. The normalized spacial score (nSPS) is 26.3. The van der Waals surface area contributed by atoms with Crippen LogP contribution in [0.2, 0.25) is 0 Å². The number of aromatic nitrogens is 4. The molecule has 1 saturated carbocycles. The fourth-order valence-electron chi connectivity index (χ4n) is 4.28. The first kappa shape index (κ1) is 15.7. The van der Waals surface area contributed by atoms with Gasteiger partial charge in [-0.25, -0.2) is 0 Å². The first-order valence-corrected chi connectivity index (χ1v) is 9.93. The Labute approximate surface area is 148 Å². The zero-order chi connectivity index (χ0) is 16.6. The summed E-state index contributed by atoms with van der Waals surface area (Å²) in [6.07, 6.45) is 9.06. The third kappa shape index (κ3) is 3.29. The van der Waals surface area contributed by atoms with Crippen molar-refractivity contribution < 1.29 is 4.74 Å². The minimum absolute atomic E-state index is 0.446. The average molecular weight is 341 g/mol. The predicted molar refractivity (Wildman–Crippen MR) is 94.8 cm³/mol. The summed E-state index contributed by atoms with van der Waals surface area (Å²) in [6, 6.07) is 4.20. The molecule has 2 aromatic rings. The molecule has 1 atom stereocenters. The molecule has 6 heteroatoms. The third-order valence-corrected chi connectivity index (χ3v) is 5.99. The van der Waals surface area contributed by atoms with E-state index >= 15 is 0 Å². The summed E-state index contributed by atoms with van der Waals surface area (Å²) in [5.41, 5.74) is 2.10. The number of ether oxygens (including phenoxy) is 1. The molecule has 5 rings (SSSR count). The van der Waals surface area contributed by atoms with Gasteiger partial charge in [-0.2, -0.15) is 9.61 Å². The summed E-state index contributed by atoms with van der Waals surface area (Å²) in [5, 5.41) is 13.7. The zero-order valence-electron chi connectivity index (χ0n) is 14.8. The summed E-state index contributed by atoms with van der Waals surface area (Å²) in [4.78, 5) is 2.57. The number of fused-ring (bicyclic) bond motifs is 1. The Morgan fingerprint density at radius 3 is 2.60 bits per heavy atom. The largest absolute Gasteiger partial charge is 0.377 e. The lowest BCUT2D eigenvalue weighted by Gasteiger charge is -2.34. The van der Waals surface area contributed by atoms with Crippen molar-refractivity contribution in [2.45, 2.75) is 62.9 Å². The van der Waals surface area contributed by atoms with Crippen LogP contribution in [0, 0.1) is 0 Å². The molecule has 2 aliphatic heterocycles. The average Bonchev–Trinajstić information content (AvgIpc) is 3.43. The second kappa shape index (κ2) is 6.65. The van der Waals surface area contributed by atoms with E-state index in [-0.39, 0.29) is 0 Å². The van der Waals surface area contributed by atoms with Crippen LogP contribution in [-0.2, 0) is 4.74 Å². The van der Waals surface area contributed by atoms with Crippen molar-refractivity contribution in [3.8, 4) is 0 Å². The van der Waals surface area contributed by atoms with Crippen molar-refractivity contribution in [2.75, 3.05) is 26.2 Å². The van der Waals surface area contributed by atoms with Crippen LogP contribution < -0.4 is 0 Å². The fraction of sp³-hybridized carbons (Fsp3) is 0.737. The highest BCUT2D eigenvalue weighted by Gasteiger charge is 2.29. The second-order valence-electron chi connectivity index (χ2n) is 7.92. The second-order valence-corrected chi connectivity index (χ2v) is 7.92. The number of hydrogen-bond acceptors (Lipinski definition) is 5. The Balaban J connectivity index is 1.25. The van der Waals surface area contributed by atoms with Crippen molar-refractivity contribution in [2.24, 2.45) is 0 Å². The molecule has 2 saturated heterocycles. The van der Waals surface area contributed by atoms with Gasteiger partial charge in [-0.3, -0.25) is 0 Å². The van der Waals surface area contributed by atoms with E-state index in [1.807, 2.05) is 4.52 Å². The minimum Gasteiger partial charge on any atom is -0.377 e. The van der Waals surface area contributed by atoms with Crippen LogP contribution in [0.4, 0.5) is 0 Å². The van der Waals surface area contributed by atoms with Crippen LogP contribution in [0.1, 0.15) is 68.3 Å². The van der Waals surface area contributed by atoms with Crippen molar-refractivity contribution in [1.82, 2.24) is 24.7 Å². The molecule has 6 nitrogen and oxygen atoms in total. The maximum Gasteiger partial charge on any atom is 0.177 e. The third-order valence-electron chi connectivity index (χ3n) is 5.99. The summed E-state index contributed by atoms with van der Waals surface area (Å²) < 4.78 is 7.91. The van der Waals surface area contributed by atoms with E-state index in [9.17, 15) is 0 Å². The summed E-state index contributed by atoms with van der Waals surface area (Å²) in [5.74, 6) is 2.20. The highest BCUT2D eigenvalue weighted by molar-refractivity contribution is 5.38. The maximum atomic E-state index is 5.90. The van der Waals surface area contributed by atoms with Crippen LogP contribution in [0.15, 0.2) is 12.1 Å². The van der Waals surface area contributed by atoms with Crippen LogP contribution in [-0.4, -0.2) is 57.1 Å². The molecule has 134 valence electrons. The molecular formula is C19H27N5O. The Morgan fingerprint density at radius 1 is 0.960 bits per heavy atom. The molecule has 1 aliphatic carbocycles. The van der Waals surface area contributed by atoms with Crippen molar-refractivity contribution in [3.63, 3.8) is 0 Å². The van der Waals surface area contributed by atoms with Crippen LogP contribution >= 0.6 is 0 Å². The number of nitrogens with zero attached hydrogens (tertiary/aromatic N) is 5. The molecule has 1 unspecified atom stereocenters. The van der Waals surface area contributed by atoms with Crippen molar-refractivity contribution >= 4 is 5.65 Å². The summed E-state index contributed by atoms with van der Waals surface area (Å²) in [6.45, 7) is 4.29. The number of piperidine rings is 1. The number of hydrogen-bond donors (Lipinski definition) is 0. The van der Waals surface area contributed by atoms with Crippen LogP contribution in [0.3, 0.4) is 0 Å². The lowest BCUT2D eigenvalue weighted by molar-refractivity contribution is -0.00965.